The van der Waals surface area contributed by atoms with E-state index in [0.717, 1.165) is 15.5 Å². The molecule has 0 aliphatic rings. The van der Waals surface area contributed by atoms with Crippen molar-refractivity contribution in [3.8, 4) is 10.6 Å². The van der Waals surface area contributed by atoms with Gasteiger partial charge in [0.1, 0.15) is 5.01 Å². The van der Waals surface area contributed by atoms with E-state index in [-0.39, 0.29) is 6.61 Å². The number of rotatable bonds is 2. The molecule has 0 bridgehead atoms. The van der Waals surface area contributed by atoms with Gasteiger partial charge in [-0.1, -0.05) is 41.7 Å². The molecular formula is C11H9N3OS. The standard InChI is InChI=1S/C11H9N3OS/c15-7-9-6-12-11-14(9)13-10(16-11)8-4-2-1-3-5-8/h1-6,15H,7H2. The molecule has 3 aromatic rings. The first-order valence-corrected chi connectivity index (χ1v) is 5.70. The van der Waals surface area contributed by atoms with Gasteiger partial charge in [0.25, 0.3) is 0 Å². The number of hydrogen-bond donors (Lipinski definition) is 1. The van der Waals surface area contributed by atoms with Crippen LogP contribution in [0, 0.1) is 0 Å². The molecule has 0 saturated heterocycles. The van der Waals surface area contributed by atoms with Crippen molar-refractivity contribution in [1.82, 2.24) is 14.6 Å². The van der Waals surface area contributed by atoms with Gasteiger partial charge in [0.2, 0.25) is 4.96 Å². The highest BCUT2D eigenvalue weighted by molar-refractivity contribution is 7.19. The zero-order chi connectivity index (χ0) is 11.0. The molecular weight excluding hydrogens is 222 g/mol. The van der Waals surface area contributed by atoms with E-state index in [1.807, 2.05) is 30.3 Å². The molecule has 3 rings (SSSR count). The van der Waals surface area contributed by atoms with Crippen LogP contribution < -0.4 is 0 Å². The summed E-state index contributed by atoms with van der Waals surface area (Å²) < 4.78 is 1.69. The molecule has 0 saturated carbocycles. The summed E-state index contributed by atoms with van der Waals surface area (Å²) in [5.74, 6) is 0. The van der Waals surface area contributed by atoms with Gasteiger partial charge in [0, 0.05) is 5.56 Å². The fraction of sp³-hybridized carbons (Fsp3) is 0.0909. The molecule has 1 aromatic carbocycles. The first-order valence-electron chi connectivity index (χ1n) is 4.88. The average Bonchev–Trinajstić information content (AvgIpc) is 2.89. The summed E-state index contributed by atoms with van der Waals surface area (Å²) in [6.07, 6.45) is 1.65. The van der Waals surface area contributed by atoms with Crippen LogP contribution in [0.3, 0.4) is 0 Å². The molecule has 4 nitrogen and oxygen atoms in total. The van der Waals surface area contributed by atoms with E-state index in [1.54, 1.807) is 10.7 Å². The molecule has 2 heterocycles. The van der Waals surface area contributed by atoms with Crippen LogP contribution in [0.5, 0.6) is 0 Å². The summed E-state index contributed by atoms with van der Waals surface area (Å²) >= 11 is 1.52. The molecule has 16 heavy (non-hydrogen) atoms. The third-order valence-corrected chi connectivity index (χ3v) is 3.31. The first kappa shape index (κ1) is 9.50. The van der Waals surface area contributed by atoms with E-state index in [1.165, 1.54) is 11.3 Å². The molecule has 0 atom stereocenters. The Bertz CT molecular complexity index is 614. The summed E-state index contributed by atoms with van der Waals surface area (Å²) in [7, 11) is 0. The number of benzene rings is 1. The van der Waals surface area contributed by atoms with Gasteiger partial charge in [-0.05, 0) is 0 Å². The Morgan fingerprint density at radius 2 is 2.06 bits per heavy atom. The number of hydrogen-bond acceptors (Lipinski definition) is 4. The van der Waals surface area contributed by atoms with Gasteiger partial charge in [0.05, 0.1) is 18.5 Å². The Hall–Kier alpha value is -1.72. The Balaban J connectivity index is 2.16. The lowest BCUT2D eigenvalue weighted by atomic mass is 10.2. The van der Waals surface area contributed by atoms with Crippen LogP contribution in [-0.4, -0.2) is 19.7 Å². The largest absolute Gasteiger partial charge is 0.390 e. The predicted octanol–water partition coefficient (Wildman–Crippen LogP) is 1.95. The Labute approximate surface area is 95.8 Å². The maximum absolute atomic E-state index is 9.11. The normalized spacial score (nSPS) is 11.1. The van der Waals surface area contributed by atoms with Gasteiger partial charge in [-0.2, -0.15) is 5.10 Å². The molecule has 0 radical (unpaired) electrons. The number of nitrogens with zero attached hydrogens (tertiary/aromatic N) is 3. The Morgan fingerprint density at radius 1 is 1.25 bits per heavy atom. The highest BCUT2D eigenvalue weighted by atomic mass is 32.1. The summed E-state index contributed by atoms with van der Waals surface area (Å²) in [5, 5.41) is 14.4. The van der Waals surface area contributed by atoms with Crippen molar-refractivity contribution in [2.75, 3.05) is 0 Å². The van der Waals surface area contributed by atoms with Crippen LogP contribution in [-0.2, 0) is 6.61 Å². The van der Waals surface area contributed by atoms with Crippen molar-refractivity contribution >= 4 is 16.3 Å². The van der Waals surface area contributed by atoms with E-state index in [0.29, 0.717) is 5.69 Å². The highest BCUT2D eigenvalue weighted by Gasteiger charge is 2.09. The molecule has 0 amide bonds. The molecule has 5 heteroatoms. The summed E-state index contributed by atoms with van der Waals surface area (Å²) in [6.45, 7) is -0.0425. The van der Waals surface area contributed by atoms with Gasteiger partial charge in [-0.15, -0.1) is 0 Å². The summed E-state index contributed by atoms with van der Waals surface area (Å²) in [4.78, 5) is 5.00. The highest BCUT2D eigenvalue weighted by Crippen LogP contribution is 2.25. The third-order valence-electron chi connectivity index (χ3n) is 2.34. The zero-order valence-corrected chi connectivity index (χ0v) is 9.18. The van der Waals surface area contributed by atoms with Crippen molar-refractivity contribution in [3.05, 3.63) is 42.2 Å². The van der Waals surface area contributed by atoms with Gasteiger partial charge in [0.15, 0.2) is 0 Å². The average molecular weight is 231 g/mol. The molecule has 0 spiro atoms. The molecule has 0 aliphatic heterocycles. The van der Waals surface area contributed by atoms with Crippen LogP contribution in [0.4, 0.5) is 0 Å². The monoisotopic (exact) mass is 231 g/mol. The van der Waals surface area contributed by atoms with Crippen LogP contribution in [0.25, 0.3) is 15.5 Å². The summed E-state index contributed by atoms with van der Waals surface area (Å²) in [6, 6.07) is 9.95. The number of fused-ring (bicyclic) bond motifs is 1. The van der Waals surface area contributed by atoms with Crippen LogP contribution in [0.15, 0.2) is 36.5 Å². The van der Waals surface area contributed by atoms with Gasteiger partial charge >= 0.3 is 0 Å². The number of imidazole rings is 1. The minimum atomic E-state index is -0.0425. The van der Waals surface area contributed by atoms with Crippen molar-refractivity contribution in [3.63, 3.8) is 0 Å². The predicted molar refractivity (Wildman–Crippen MR) is 62.2 cm³/mol. The molecule has 0 fully saturated rings. The van der Waals surface area contributed by atoms with Crippen molar-refractivity contribution in [1.29, 1.82) is 0 Å². The zero-order valence-electron chi connectivity index (χ0n) is 8.37. The van der Waals surface area contributed by atoms with E-state index < -0.39 is 0 Å². The van der Waals surface area contributed by atoms with Crippen LogP contribution in [0.2, 0.25) is 0 Å². The minimum Gasteiger partial charge on any atom is -0.390 e. The maximum Gasteiger partial charge on any atom is 0.212 e. The second-order valence-electron chi connectivity index (χ2n) is 3.38. The van der Waals surface area contributed by atoms with Crippen LogP contribution in [0.1, 0.15) is 5.69 Å². The summed E-state index contributed by atoms with van der Waals surface area (Å²) in [5.41, 5.74) is 1.79. The molecule has 1 N–H and O–H groups in total. The lowest BCUT2D eigenvalue weighted by Crippen LogP contribution is -1.92. The van der Waals surface area contributed by atoms with Gasteiger partial charge in [-0.25, -0.2) is 9.50 Å². The van der Waals surface area contributed by atoms with E-state index in [9.17, 15) is 0 Å². The Kier molecular flexibility index (Phi) is 2.19. The van der Waals surface area contributed by atoms with E-state index in [2.05, 4.69) is 10.1 Å². The van der Waals surface area contributed by atoms with Gasteiger partial charge in [-0.3, -0.25) is 0 Å². The molecule has 0 unspecified atom stereocenters. The molecule has 2 aromatic heterocycles. The molecule has 80 valence electrons. The SMILES string of the molecule is OCc1cnc2sc(-c3ccccc3)nn12. The number of aromatic nitrogens is 3. The van der Waals surface area contributed by atoms with E-state index in [4.69, 9.17) is 5.11 Å². The van der Waals surface area contributed by atoms with Crippen LogP contribution >= 0.6 is 11.3 Å². The van der Waals surface area contributed by atoms with E-state index >= 15 is 0 Å². The maximum atomic E-state index is 9.11. The fourth-order valence-electron chi connectivity index (χ4n) is 1.54. The quantitative estimate of drug-likeness (QED) is 0.733. The second kappa shape index (κ2) is 3.70. The topological polar surface area (TPSA) is 50.4 Å². The first-order chi connectivity index (χ1) is 7.88. The third kappa shape index (κ3) is 1.41. The van der Waals surface area contributed by atoms with Crippen molar-refractivity contribution < 1.29 is 5.11 Å². The Morgan fingerprint density at radius 3 is 2.81 bits per heavy atom. The minimum absolute atomic E-state index is 0.0425. The van der Waals surface area contributed by atoms with Crippen molar-refractivity contribution in [2.24, 2.45) is 0 Å². The smallest absolute Gasteiger partial charge is 0.212 e. The lowest BCUT2D eigenvalue weighted by Gasteiger charge is -1.93. The number of aliphatic hydroxyl groups excluding tert-OH is 1. The molecule has 0 aliphatic carbocycles. The number of aliphatic hydroxyl groups is 1. The lowest BCUT2D eigenvalue weighted by molar-refractivity contribution is 0.274. The van der Waals surface area contributed by atoms with Gasteiger partial charge < -0.3 is 5.11 Å². The second-order valence-corrected chi connectivity index (χ2v) is 4.33. The fourth-order valence-corrected chi connectivity index (χ4v) is 2.44. The van der Waals surface area contributed by atoms with Crippen molar-refractivity contribution in [2.45, 2.75) is 6.61 Å².